The molecule has 1 aromatic carbocycles. The van der Waals surface area contributed by atoms with Gasteiger partial charge in [-0.05, 0) is 30.3 Å². The summed E-state index contributed by atoms with van der Waals surface area (Å²) in [6, 6.07) is 5.20. The van der Waals surface area contributed by atoms with Crippen molar-refractivity contribution in [3.63, 3.8) is 0 Å². The van der Waals surface area contributed by atoms with Crippen molar-refractivity contribution in [3.8, 4) is 17.0 Å². The van der Waals surface area contributed by atoms with E-state index in [-0.39, 0.29) is 22.0 Å². The molecule has 0 aliphatic carbocycles. The van der Waals surface area contributed by atoms with E-state index in [9.17, 15) is 22.4 Å². The molecule has 0 radical (unpaired) electrons. The minimum Gasteiger partial charge on any atom is -0.464 e. The Kier molecular flexibility index (Phi) is 4.74. The molecule has 0 spiro atoms. The molecule has 0 saturated carbocycles. The smallest absolute Gasteiger partial charge is 0.464 e. The Hall–Kier alpha value is -2.35. The van der Waals surface area contributed by atoms with Gasteiger partial charge in [-0.2, -0.15) is 0 Å². The summed E-state index contributed by atoms with van der Waals surface area (Å²) >= 11 is 5.71. The van der Waals surface area contributed by atoms with Gasteiger partial charge in [-0.15, -0.1) is 13.2 Å². The van der Waals surface area contributed by atoms with E-state index in [1.165, 1.54) is 12.1 Å². The second-order valence-electron chi connectivity index (χ2n) is 4.21. The number of benzene rings is 1. The van der Waals surface area contributed by atoms with Crippen LogP contribution >= 0.6 is 11.6 Å². The first-order valence-corrected chi connectivity index (χ1v) is 6.39. The minimum atomic E-state index is -4.83. The summed E-state index contributed by atoms with van der Waals surface area (Å²) in [4.78, 5) is 15.3. The summed E-state index contributed by atoms with van der Waals surface area (Å²) in [6.45, 7) is 0. The Labute approximate surface area is 132 Å². The molecule has 9 heteroatoms. The van der Waals surface area contributed by atoms with Crippen LogP contribution in [0.25, 0.3) is 11.3 Å². The van der Waals surface area contributed by atoms with Crippen molar-refractivity contribution in [2.24, 2.45) is 0 Å². The van der Waals surface area contributed by atoms with Crippen LogP contribution in [0, 0.1) is 5.82 Å². The molecule has 122 valence electrons. The Morgan fingerprint density at radius 1 is 1.22 bits per heavy atom. The Bertz CT molecular complexity index is 732. The fourth-order valence-corrected chi connectivity index (χ4v) is 1.94. The molecule has 0 aliphatic heterocycles. The van der Waals surface area contributed by atoms with Crippen LogP contribution in [-0.2, 0) is 4.74 Å². The van der Waals surface area contributed by atoms with E-state index in [4.69, 9.17) is 11.6 Å². The number of hydrogen-bond acceptors (Lipinski definition) is 4. The van der Waals surface area contributed by atoms with Crippen LogP contribution in [0.5, 0.6) is 5.75 Å². The van der Waals surface area contributed by atoms with Gasteiger partial charge < -0.3 is 9.47 Å². The fourth-order valence-electron chi connectivity index (χ4n) is 1.72. The van der Waals surface area contributed by atoms with E-state index >= 15 is 0 Å². The number of nitrogens with zero attached hydrogens (tertiary/aromatic N) is 1. The van der Waals surface area contributed by atoms with Crippen LogP contribution in [0.1, 0.15) is 10.5 Å². The average Bonchev–Trinajstić information content (AvgIpc) is 2.46. The predicted octanol–water partition coefficient (Wildman–Crippen LogP) is 4.23. The number of alkyl halides is 3. The lowest BCUT2D eigenvalue weighted by Gasteiger charge is -2.10. The molecule has 0 unspecified atom stereocenters. The number of methoxy groups -OCH3 is 1. The Morgan fingerprint density at radius 2 is 1.83 bits per heavy atom. The molecular weight excluding hydrogens is 342 g/mol. The maximum absolute atomic E-state index is 13.9. The summed E-state index contributed by atoms with van der Waals surface area (Å²) < 4.78 is 58.4. The maximum atomic E-state index is 13.9. The summed E-state index contributed by atoms with van der Waals surface area (Å²) in [5.74, 6) is -2.18. The van der Waals surface area contributed by atoms with Crippen LogP contribution < -0.4 is 4.74 Å². The molecule has 2 aromatic rings. The molecule has 1 heterocycles. The zero-order chi connectivity index (χ0) is 17.2. The number of rotatable bonds is 3. The lowest BCUT2D eigenvalue weighted by Crippen LogP contribution is -2.17. The van der Waals surface area contributed by atoms with Gasteiger partial charge in [0.1, 0.15) is 11.4 Å². The van der Waals surface area contributed by atoms with Gasteiger partial charge in [0.05, 0.1) is 12.1 Å². The second kappa shape index (κ2) is 6.41. The van der Waals surface area contributed by atoms with E-state index in [1.54, 1.807) is 0 Å². The molecule has 0 N–H and O–H groups in total. The molecule has 0 aliphatic rings. The quantitative estimate of drug-likeness (QED) is 0.614. The third-order valence-corrected chi connectivity index (χ3v) is 2.96. The van der Waals surface area contributed by atoms with Crippen molar-refractivity contribution in [3.05, 3.63) is 46.9 Å². The lowest BCUT2D eigenvalue weighted by molar-refractivity contribution is -0.274. The minimum absolute atomic E-state index is 0.138. The van der Waals surface area contributed by atoms with E-state index in [0.717, 1.165) is 25.3 Å². The molecule has 23 heavy (non-hydrogen) atoms. The van der Waals surface area contributed by atoms with Crippen LogP contribution in [-0.4, -0.2) is 24.4 Å². The van der Waals surface area contributed by atoms with Crippen molar-refractivity contribution < 1.29 is 31.8 Å². The van der Waals surface area contributed by atoms with Gasteiger partial charge in [0.25, 0.3) is 0 Å². The highest BCUT2D eigenvalue weighted by molar-refractivity contribution is 6.33. The highest BCUT2D eigenvalue weighted by Crippen LogP contribution is 2.29. The van der Waals surface area contributed by atoms with E-state index < -0.39 is 23.9 Å². The average molecular weight is 350 g/mol. The van der Waals surface area contributed by atoms with Gasteiger partial charge in [-0.3, -0.25) is 0 Å². The first-order valence-electron chi connectivity index (χ1n) is 6.02. The van der Waals surface area contributed by atoms with Crippen LogP contribution in [0.3, 0.4) is 0 Å². The SMILES string of the molecule is COC(=O)c1nc(-c2ccc(OC(F)(F)F)cc2)c(F)cc1Cl. The number of pyridine rings is 1. The number of ether oxygens (including phenoxy) is 2. The standard InChI is InChI=1S/C14H8ClF4NO3/c1-22-13(21)12-9(15)6-10(16)11(20-12)7-2-4-8(5-3-7)23-14(17,18)19/h2-6H,1H3. The number of carbonyl (C=O) groups is 1. The van der Waals surface area contributed by atoms with Crippen LogP contribution in [0.2, 0.25) is 5.02 Å². The molecule has 0 bridgehead atoms. The van der Waals surface area contributed by atoms with Gasteiger partial charge in [0, 0.05) is 5.56 Å². The zero-order valence-corrected chi connectivity index (χ0v) is 12.2. The highest BCUT2D eigenvalue weighted by Gasteiger charge is 2.31. The van der Waals surface area contributed by atoms with Crippen molar-refractivity contribution in [1.29, 1.82) is 0 Å². The Morgan fingerprint density at radius 3 is 2.35 bits per heavy atom. The molecular formula is C14H8ClF4NO3. The first-order chi connectivity index (χ1) is 10.7. The van der Waals surface area contributed by atoms with Crippen molar-refractivity contribution >= 4 is 17.6 Å². The molecule has 2 rings (SSSR count). The topological polar surface area (TPSA) is 48.4 Å². The molecule has 4 nitrogen and oxygen atoms in total. The number of esters is 1. The van der Waals surface area contributed by atoms with E-state index in [0.29, 0.717) is 0 Å². The molecule has 0 saturated heterocycles. The monoisotopic (exact) mass is 349 g/mol. The van der Waals surface area contributed by atoms with Crippen molar-refractivity contribution in [2.75, 3.05) is 7.11 Å². The van der Waals surface area contributed by atoms with Crippen molar-refractivity contribution in [2.45, 2.75) is 6.36 Å². The molecule has 0 fully saturated rings. The second-order valence-corrected chi connectivity index (χ2v) is 4.62. The summed E-state index contributed by atoms with van der Waals surface area (Å²) in [5.41, 5.74) is -0.423. The third-order valence-electron chi connectivity index (χ3n) is 2.67. The molecule has 1 aromatic heterocycles. The number of halogens is 5. The predicted molar refractivity (Wildman–Crippen MR) is 72.7 cm³/mol. The van der Waals surface area contributed by atoms with Crippen molar-refractivity contribution in [1.82, 2.24) is 4.98 Å². The fraction of sp³-hybridized carbons (Fsp3) is 0.143. The molecule has 0 amide bonds. The Balaban J connectivity index is 2.40. The summed E-state index contributed by atoms with van der Waals surface area (Å²) in [6.07, 6.45) is -4.83. The third kappa shape index (κ3) is 4.10. The summed E-state index contributed by atoms with van der Waals surface area (Å²) in [5, 5.41) is -0.241. The van der Waals surface area contributed by atoms with Gasteiger partial charge in [-0.1, -0.05) is 11.6 Å². The lowest BCUT2D eigenvalue weighted by atomic mass is 10.1. The van der Waals surface area contributed by atoms with Crippen LogP contribution in [0.4, 0.5) is 17.6 Å². The summed E-state index contributed by atoms with van der Waals surface area (Å²) in [7, 11) is 1.10. The van der Waals surface area contributed by atoms with Gasteiger partial charge in [0.2, 0.25) is 0 Å². The first kappa shape index (κ1) is 17.0. The van der Waals surface area contributed by atoms with Crippen LogP contribution in [0.15, 0.2) is 30.3 Å². The van der Waals surface area contributed by atoms with Gasteiger partial charge in [-0.25, -0.2) is 14.2 Å². The van der Waals surface area contributed by atoms with E-state index in [2.05, 4.69) is 14.5 Å². The van der Waals surface area contributed by atoms with E-state index in [1.807, 2.05) is 0 Å². The largest absolute Gasteiger partial charge is 0.573 e. The number of hydrogen-bond donors (Lipinski definition) is 0. The van der Waals surface area contributed by atoms with Gasteiger partial charge >= 0.3 is 12.3 Å². The maximum Gasteiger partial charge on any atom is 0.573 e. The zero-order valence-electron chi connectivity index (χ0n) is 11.4. The number of carbonyl (C=O) groups excluding carboxylic acids is 1. The normalized spacial score (nSPS) is 11.2. The molecule has 0 atom stereocenters. The highest BCUT2D eigenvalue weighted by atomic mass is 35.5. The number of aromatic nitrogens is 1. The van der Waals surface area contributed by atoms with Gasteiger partial charge in [0.15, 0.2) is 11.5 Å².